The van der Waals surface area contributed by atoms with Gasteiger partial charge >= 0.3 is 0 Å². The van der Waals surface area contributed by atoms with Gasteiger partial charge in [0.05, 0.1) is 18.3 Å². The zero-order valence-corrected chi connectivity index (χ0v) is 10.3. The first kappa shape index (κ1) is 12.3. The summed E-state index contributed by atoms with van der Waals surface area (Å²) < 4.78 is 11.3. The van der Waals surface area contributed by atoms with Crippen LogP contribution < -0.4 is 0 Å². The Labute approximate surface area is 98.1 Å². The maximum atomic E-state index is 10.2. The fraction of sp³-hybridized carbons (Fsp3) is 1.00. The molecule has 0 aromatic heterocycles. The maximum Gasteiger partial charge on any atom is 0.0940 e. The van der Waals surface area contributed by atoms with Gasteiger partial charge in [-0.05, 0) is 25.2 Å². The fourth-order valence-corrected chi connectivity index (χ4v) is 2.91. The minimum absolute atomic E-state index is 0.0594. The Morgan fingerprint density at radius 3 is 3.00 bits per heavy atom. The Hall–Kier alpha value is -0.120. The van der Waals surface area contributed by atoms with Crippen LogP contribution in [-0.4, -0.2) is 36.6 Å². The topological polar surface area (TPSA) is 38.7 Å². The molecule has 2 aliphatic rings. The number of hydrogen-bond acceptors (Lipinski definition) is 3. The van der Waals surface area contributed by atoms with Crippen LogP contribution in [0.4, 0.5) is 0 Å². The highest BCUT2D eigenvalue weighted by Gasteiger charge is 2.42. The van der Waals surface area contributed by atoms with Crippen LogP contribution in [0.2, 0.25) is 0 Å². The second-order valence-corrected chi connectivity index (χ2v) is 5.30. The van der Waals surface area contributed by atoms with E-state index in [0.29, 0.717) is 5.92 Å². The van der Waals surface area contributed by atoms with Gasteiger partial charge in [0.25, 0.3) is 0 Å². The molecule has 0 radical (unpaired) electrons. The van der Waals surface area contributed by atoms with Crippen LogP contribution in [0, 0.1) is 5.92 Å². The molecule has 0 amide bonds. The summed E-state index contributed by atoms with van der Waals surface area (Å²) in [6.45, 7) is 4.50. The minimum Gasteiger partial charge on any atom is -0.393 e. The third-order valence-corrected chi connectivity index (χ3v) is 4.00. The molecule has 2 fully saturated rings. The van der Waals surface area contributed by atoms with E-state index in [2.05, 4.69) is 6.92 Å². The van der Waals surface area contributed by atoms with E-state index in [0.717, 1.165) is 58.3 Å². The maximum absolute atomic E-state index is 10.2. The van der Waals surface area contributed by atoms with Crippen LogP contribution in [-0.2, 0) is 9.47 Å². The van der Waals surface area contributed by atoms with Crippen molar-refractivity contribution in [2.75, 3.05) is 19.8 Å². The molecule has 0 saturated carbocycles. The Balaban J connectivity index is 1.85. The van der Waals surface area contributed by atoms with Crippen molar-refractivity contribution in [2.24, 2.45) is 5.92 Å². The number of hydrogen-bond donors (Lipinski definition) is 1. The monoisotopic (exact) mass is 228 g/mol. The molecule has 2 rings (SSSR count). The normalized spacial score (nSPS) is 36.8. The molecule has 16 heavy (non-hydrogen) atoms. The lowest BCUT2D eigenvalue weighted by atomic mass is 9.81. The van der Waals surface area contributed by atoms with Crippen molar-refractivity contribution in [3.63, 3.8) is 0 Å². The summed E-state index contributed by atoms with van der Waals surface area (Å²) in [5, 5.41) is 10.2. The molecule has 2 saturated heterocycles. The molecular weight excluding hydrogens is 204 g/mol. The number of ether oxygens (including phenoxy) is 2. The standard InChI is InChI=1S/C13H24O3/c1-2-3-4-12(14)11-5-7-16-13(9-11)6-8-15-10-13/h11-12,14H,2-10H2,1H3. The zero-order valence-electron chi connectivity index (χ0n) is 10.3. The van der Waals surface area contributed by atoms with E-state index in [1.807, 2.05) is 0 Å². The number of rotatable bonds is 4. The van der Waals surface area contributed by atoms with Gasteiger partial charge < -0.3 is 14.6 Å². The average molecular weight is 228 g/mol. The summed E-state index contributed by atoms with van der Waals surface area (Å²) in [5.41, 5.74) is -0.0594. The summed E-state index contributed by atoms with van der Waals surface area (Å²) in [6, 6.07) is 0. The minimum atomic E-state index is -0.138. The molecule has 0 aromatic rings. The summed E-state index contributed by atoms with van der Waals surface area (Å²) >= 11 is 0. The van der Waals surface area contributed by atoms with Gasteiger partial charge in [0, 0.05) is 19.6 Å². The van der Waals surface area contributed by atoms with E-state index < -0.39 is 0 Å². The second kappa shape index (κ2) is 5.48. The predicted octanol–water partition coefficient (Wildman–Crippen LogP) is 2.12. The molecule has 0 bridgehead atoms. The molecule has 3 unspecified atom stereocenters. The lowest BCUT2D eigenvalue weighted by Gasteiger charge is -2.39. The van der Waals surface area contributed by atoms with Crippen LogP contribution in [0.3, 0.4) is 0 Å². The van der Waals surface area contributed by atoms with Gasteiger partial charge in [0.1, 0.15) is 0 Å². The van der Waals surface area contributed by atoms with Crippen LogP contribution in [0.25, 0.3) is 0 Å². The van der Waals surface area contributed by atoms with Crippen LogP contribution in [0.15, 0.2) is 0 Å². The molecule has 94 valence electrons. The predicted molar refractivity (Wildman–Crippen MR) is 62.4 cm³/mol. The summed E-state index contributed by atoms with van der Waals surface area (Å²) in [5.74, 6) is 0.419. The fourth-order valence-electron chi connectivity index (χ4n) is 2.91. The van der Waals surface area contributed by atoms with Gasteiger partial charge in [-0.15, -0.1) is 0 Å². The van der Waals surface area contributed by atoms with E-state index >= 15 is 0 Å². The molecule has 1 N–H and O–H groups in total. The van der Waals surface area contributed by atoms with Gasteiger partial charge in [-0.3, -0.25) is 0 Å². The third-order valence-electron chi connectivity index (χ3n) is 4.00. The Bertz CT molecular complexity index is 211. The number of aliphatic hydroxyl groups is 1. The van der Waals surface area contributed by atoms with Crippen molar-refractivity contribution in [1.29, 1.82) is 0 Å². The van der Waals surface area contributed by atoms with E-state index in [9.17, 15) is 5.11 Å². The number of unbranched alkanes of at least 4 members (excludes halogenated alkanes) is 1. The van der Waals surface area contributed by atoms with Crippen molar-refractivity contribution < 1.29 is 14.6 Å². The van der Waals surface area contributed by atoms with E-state index in [1.54, 1.807) is 0 Å². The van der Waals surface area contributed by atoms with E-state index in [4.69, 9.17) is 9.47 Å². The molecule has 0 aliphatic carbocycles. The van der Waals surface area contributed by atoms with E-state index in [-0.39, 0.29) is 11.7 Å². The second-order valence-electron chi connectivity index (χ2n) is 5.30. The summed E-state index contributed by atoms with van der Waals surface area (Å²) in [6.07, 6.45) is 6.09. The van der Waals surface area contributed by atoms with Gasteiger partial charge in [-0.25, -0.2) is 0 Å². The van der Waals surface area contributed by atoms with Crippen LogP contribution in [0.1, 0.15) is 45.4 Å². The van der Waals surface area contributed by atoms with Crippen molar-refractivity contribution in [2.45, 2.75) is 57.2 Å². The van der Waals surface area contributed by atoms with Crippen molar-refractivity contribution in [3.8, 4) is 0 Å². The van der Waals surface area contributed by atoms with Crippen LogP contribution >= 0.6 is 0 Å². The molecular formula is C13H24O3. The average Bonchev–Trinajstić information content (AvgIpc) is 2.74. The summed E-state index contributed by atoms with van der Waals surface area (Å²) in [7, 11) is 0. The first-order chi connectivity index (χ1) is 7.76. The lowest BCUT2D eigenvalue weighted by molar-refractivity contribution is -0.117. The number of aliphatic hydroxyl groups excluding tert-OH is 1. The van der Waals surface area contributed by atoms with Gasteiger partial charge in [-0.1, -0.05) is 19.8 Å². The highest BCUT2D eigenvalue weighted by Crippen LogP contribution is 2.37. The molecule has 2 aliphatic heterocycles. The third kappa shape index (κ3) is 2.76. The van der Waals surface area contributed by atoms with E-state index in [1.165, 1.54) is 0 Å². The molecule has 2 heterocycles. The van der Waals surface area contributed by atoms with Crippen molar-refractivity contribution >= 4 is 0 Å². The van der Waals surface area contributed by atoms with Gasteiger partial charge in [0.2, 0.25) is 0 Å². The van der Waals surface area contributed by atoms with Gasteiger partial charge in [0.15, 0.2) is 0 Å². The Kier molecular flexibility index (Phi) is 4.22. The SMILES string of the molecule is CCCCC(O)C1CCOC2(CCOC2)C1. The molecule has 3 nitrogen and oxygen atoms in total. The van der Waals surface area contributed by atoms with Crippen LogP contribution in [0.5, 0.6) is 0 Å². The zero-order chi connectivity index (χ0) is 11.4. The quantitative estimate of drug-likeness (QED) is 0.801. The van der Waals surface area contributed by atoms with Gasteiger partial charge in [-0.2, -0.15) is 0 Å². The van der Waals surface area contributed by atoms with Crippen molar-refractivity contribution in [3.05, 3.63) is 0 Å². The lowest BCUT2D eigenvalue weighted by Crippen LogP contribution is -2.43. The first-order valence-electron chi connectivity index (χ1n) is 6.65. The molecule has 3 heteroatoms. The molecule has 0 aromatic carbocycles. The summed E-state index contributed by atoms with van der Waals surface area (Å²) in [4.78, 5) is 0. The highest BCUT2D eigenvalue weighted by atomic mass is 16.6. The Morgan fingerprint density at radius 2 is 2.31 bits per heavy atom. The smallest absolute Gasteiger partial charge is 0.0940 e. The largest absolute Gasteiger partial charge is 0.393 e. The highest BCUT2D eigenvalue weighted by molar-refractivity contribution is 4.92. The molecule has 1 spiro atoms. The van der Waals surface area contributed by atoms with Crippen molar-refractivity contribution in [1.82, 2.24) is 0 Å². The first-order valence-corrected chi connectivity index (χ1v) is 6.65. The molecule has 3 atom stereocenters. The Morgan fingerprint density at radius 1 is 1.44 bits per heavy atom.